The fraction of sp³-hybridized carbons (Fsp3) is 0.308. The summed E-state index contributed by atoms with van der Waals surface area (Å²) in [6.45, 7) is 2.87. The first-order valence-electron chi connectivity index (χ1n) is 5.64. The molecule has 0 aliphatic carbocycles. The monoisotopic (exact) mass is 250 g/mol. The summed E-state index contributed by atoms with van der Waals surface area (Å²) in [5.41, 5.74) is 1.86. The van der Waals surface area contributed by atoms with Gasteiger partial charge in [-0.25, -0.2) is 0 Å². The number of rotatable bonds is 4. The van der Waals surface area contributed by atoms with Crippen molar-refractivity contribution in [1.82, 2.24) is 9.78 Å². The second kappa shape index (κ2) is 5.34. The molecule has 0 amide bonds. The molecule has 17 heavy (non-hydrogen) atoms. The van der Waals surface area contributed by atoms with Gasteiger partial charge in [0.25, 0.3) is 0 Å². The molecule has 1 aromatic carbocycles. The Hall–Kier alpha value is -1.32. The van der Waals surface area contributed by atoms with E-state index in [2.05, 4.69) is 5.10 Å². The number of aryl methyl sites for hydroxylation is 1. The van der Waals surface area contributed by atoms with Crippen LogP contribution in [0.1, 0.15) is 24.2 Å². The van der Waals surface area contributed by atoms with Crippen molar-refractivity contribution in [2.45, 2.75) is 26.0 Å². The average molecular weight is 251 g/mol. The zero-order chi connectivity index (χ0) is 12.3. The van der Waals surface area contributed by atoms with Gasteiger partial charge in [0.15, 0.2) is 0 Å². The van der Waals surface area contributed by atoms with Crippen molar-refractivity contribution >= 4 is 11.6 Å². The van der Waals surface area contributed by atoms with Gasteiger partial charge in [-0.3, -0.25) is 4.68 Å². The van der Waals surface area contributed by atoms with Gasteiger partial charge in [0.05, 0.1) is 12.3 Å². The van der Waals surface area contributed by atoms with Crippen LogP contribution in [0.5, 0.6) is 0 Å². The number of halogens is 1. The molecule has 0 radical (unpaired) electrons. The third-order valence-electron chi connectivity index (χ3n) is 2.67. The Bertz CT molecular complexity index is 496. The zero-order valence-corrected chi connectivity index (χ0v) is 10.4. The molecule has 1 N–H and O–H groups in total. The van der Waals surface area contributed by atoms with E-state index in [1.807, 2.05) is 29.9 Å². The van der Waals surface area contributed by atoms with Crippen LogP contribution in [0.2, 0.25) is 5.02 Å². The summed E-state index contributed by atoms with van der Waals surface area (Å²) >= 11 is 5.89. The fourth-order valence-corrected chi connectivity index (χ4v) is 1.94. The average Bonchev–Trinajstić information content (AvgIpc) is 2.77. The van der Waals surface area contributed by atoms with Crippen molar-refractivity contribution in [2.24, 2.45) is 0 Å². The lowest BCUT2D eigenvalue weighted by Gasteiger charge is -2.09. The first-order valence-corrected chi connectivity index (χ1v) is 6.01. The van der Waals surface area contributed by atoms with E-state index < -0.39 is 6.10 Å². The molecule has 0 fully saturated rings. The first-order chi connectivity index (χ1) is 8.19. The molecule has 0 spiro atoms. The number of aliphatic hydroxyl groups is 1. The van der Waals surface area contributed by atoms with E-state index in [1.54, 1.807) is 18.3 Å². The molecule has 0 aliphatic heterocycles. The summed E-state index contributed by atoms with van der Waals surface area (Å²) in [6.07, 6.45) is 3.76. The smallest absolute Gasteiger partial charge is 0.0832 e. The number of nitrogens with zero attached hydrogens (tertiary/aromatic N) is 2. The molecule has 0 saturated heterocycles. The quantitative estimate of drug-likeness (QED) is 0.906. The topological polar surface area (TPSA) is 38.0 Å². The van der Waals surface area contributed by atoms with Crippen molar-refractivity contribution < 1.29 is 5.11 Å². The van der Waals surface area contributed by atoms with E-state index in [0.29, 0.717) is 11.4 Å². The van der Waals surface area contributed by atoms with Crippen LogP contribution >= 0.6 is 11.6 Å². The minimum absolute atomic E-state index is 0.539. The van der Waals surface area contributed by atoms with E-state index in [1.165, 1.54) is 0 Å². The Balaban J connectivity index is 2.08. The molecule has 3 nitrogen and oxygen atoms in total. The lowest BCUT2D eigenvalue weighted by atomic mass is 10.0. The minimum Gasteiger partial charge on any atom is -0.388 e. The zero-order valence-electron chi connectivity index (χ0n) is 9.68. The summed E-state index contributed by atoms with van der Waals surface area (Å²) in [5.74, 6) is 0. The molecular formula is C13H15ClN2O. The molecule has 0 aliphatic rings. The van der Waals surface area contributed by atoms with E-state index in [4.69, 9.17) is 11.6 Å². The van der Waals surface area contributed by atoms with Gasteiger partial charge in [0.2, 0.25) is 0 Å². The van der Waals surface area contributed by atoms with Crippen LogP contribution in [0.4, 0.5) is 0 Å². The van der Waals surface area contributed by atoms with Crippen LogP contribution in [-0.2, 0) is 13.0 Å². The van der Waals surface area contributed by atoms with Crippen LogP contribution in [0, 0.1) is 0 Å². The molecule has 1 aromatic heterocycles. The number of aliphatic hydroxyl groups excluding tert-OH is 1. The van der Waals surface area contributed by atoms with Crippen molar-refractivity contribution in [3.8, 4) is 0 Å². The molecule has 1 heterocycles. The molecule has 1 unspecified atom stereocenters. The van der Waals surface area contributed by atoms with E-state index in [-0.39, 0.29) is 0 Å². The second-order valence-electron chi connectivity index (χ2n) is 3.98. The molecule has 4 heteroatoms. The lowest BCUT2D eigenvalue weighted by Crippen LogP contribution is -2.01. The van der Waals surface area contributed by atoms with Crippen LogP contribution in [0.25, 0.3) is 0 Å². The van der Waals surface area contributed by atoms with Gasteiger partial charge in [0, 0.05) is 24.2 Å². The van der Waals surface area contributed by atoms with Crippen molar-refractivity contribution in [3.05, 3.63) is 52.8 Å². The van der Waals surface area contributed by atoms with Crippen LogP contribution < -0.4 is 0 Å². The van der Waals surface area contributed by atoms with Crippen LogP contribution in [0.3, 0.4) is 0 Å². The van der Waals surface area contributed by atoms with Gasteiger partial charge in [-0.1, -0.05) is 23.7 Å². The maximum absolute atomic E-state index is 10.1. The Labute approximate surface area is 106 Å². The highest BCUT2D eigenvalue weighted by Gasteiger charge is 2.10. The molecular weight excluding hydrogens is 236 g/mol. The molecule has 90 valence electrons. The molecule has 2 aromatic rings. The maximum atomic E-state index is 10.1. The standard InChI is InChI=1S/C13H15ClN2O/c1-2-16-9-10(8-15-16)6-13(17)11-4-3-5-12(14)7-11/h3-5,7-9,13,17H,2,6H2,1H3. The summed E-state index contributed by atoms with van der Waals surface area (Å²) in [7, 11) is 0. The van der Waals surface area contributed by atoms with Gasteiger partial charge in [0.1, 0.15) is 0 Å². The van der Waals surface area contributed by atoms with Gasteiger partial charge in [-0.15, -0.1) is 0 Å². The number of aromatic nitrogens is 2. The lowest BCUT2D eigenvalue weighted by molar-refractivity contribution is 0.178. The minimum atomic E-state index is -0.539. The highest BCUT2D eigenvalue weighted by Crippen LogP contribution is 2.21. The number of hydrogen-bond acceptors (Lipinski definition) is 2. The van der Waals surface area contributed by atoms with Gasteiger partial charge >= 0.3 is 0 Å². The van der Waals surface area contributed by atoms with Gasteiger partial charge < -0.3 is 5.11 Å². The van der Waals surface area contributed by atoms with Crippen molar-refractivity contribution in [2.75, 3.05) is 0 Å². The fourth-order valence-electron chi connectivity index (χ4n) is 1.74. The number of benzene rings is 1. The second-order valence-corrected chi connectivity index (χ2v) is 4.42. The Morgan fingerprint density at radius 1 is 1.47 bits per heavy atom. The normalized spacial score (nSPS) is 12.6. The molecule has 0 saturated carbocycles. The third kappa shape index (κ3) is 3.08. The van der Waals surface area contributed by atoms with E-state index in [9.17, 15) is 5.11 Å². The largest absolute Gasteiger partial charge is 0.388 e. The number of hydrogen-bond donors (Lipinski definition) is 1. The van der Waals surface area contributed by atoms with E-state index in [0.717, 1.165) is 17.7 Å². The summed E-state index contributed by atoms with van der Waals surface area (Å²) in [5, 5.41) is 14.9. The highest BCUT2D eigenvalue weighted by atomic mass is 35.5. The summed E-state index contributed by atoms with van der Waals surface area (Å²) in [4.78, 5) is 0. The predicted octanol–water partition coefficient (Wildman–Crippen LogP) is 2.83. The molecule has 0 bridgehead atoms. The molecule has 1 atom stereocenters. The Morgan fingerprint density at radius 2 is 2.29 bits per heavy atom. The molecule has 2 rings (SSSR count). The third-order valence-corrected chi connectivity index (χ3v) is 2.91. The summed E-state index contributed by atoms with van der Waals surface area (Å²) in [6, 6.07) is 7.31. The van der Waals surface area contributed by atoms with Gasteiger partial charge in [-0.2, -0.15) is 5.10 Å². The van der Waals surface area contributed by atoms with Crippen molar-refractivity contribution in [3.63, 3.8) is 0 Å². The van der Waals surface area contributed by atoms with E-state index >= 15 is 0 Å². The predicted molar refractivity (Wildman–Crippen MR) is 68.0 cm³/mol. The highest BCUT2D eigenvalue weighted by molar-refractivity contribution is 6.30. The van der Waals surface area contributed by atoms with Gasteiger partial charge in [-0.05, 0) is 30.2 Å². The first kappa shape index (κ1) is 12.1. The SMILES string of the molecule is CCn1cc(CC(O)c2cccc(Cl)c2)cn1. The maximum Gasteiger partial charge on any atom is 0.0832 e. The van der Waals surface area contributed by atoms with Crippen molar-refractivity contribution in [1.29, 1.82) is 0 Å². The Morgan fingerprint density at radius 3 is 2.94 bits per heavy atom. The van der Waals surface area contributed by atoms with Crippen LogP contribution in [-0.4, -0.2) is 14.9 Å². The Kier molecular flexibility index (Phi) is 3.82. The van der Waals surface area contributed by atoms with Crippen LogP contribution in [0.15, 0.2) is 36.7 Å². The summed E-state index contributed by atoms with van der Waals surface area (Å²) < 4.78 is 1.85.